The Morgan fingerprint density at radius 1 is 1.16 bits per heavy atom. The van der Waals surface area contributed by atoms with Crippen LogP contribution in [0.15, 0.2) is 24.3 Å². The number of carbonyl (C=O) groups is 3. The first-order chi connectivity index (χ1) is 11.3. The monoisotopic (exact) mass is 362 g/mol. The molecule has 0 radical (unpaired) electrons. The highest BCUT2D eigenvalue weighted by Gasteiger charge is 2.34. The zero-order chi connectivity index (χ0) is 19.9. The number of carboxylic acids is 1. The van der Waals surface area contributed by atoms with Gasteiger partial charge in [-0.3, -0.25) is 19.3 Å². The van der Waals surface area contributed by atoms with Crippen LogP contribution in [0, 0.1) is 5.92 Å². The molecule has 0 aliphatic rings. The van der Waals surface area contributed by atoms with E-state index in [-0.39, 0.29) is 11.6 Å². The van der Waals surface area contributed by atoms with E-state index in [9.17, 15) is 22.8 Å². The first-order valence-corrected chi connectivity index (χ1v) is 7.25. The maximum atomic E-state index is 12.8. The summed E-state index contributed by atoms with van der Waals surface area (Å²) in [5.41, 5.74) is 4.39. The molecule has 3 N–H and O–H groups in total. The molecule has 9 heteroatoms. The van der Waals surface area contributed by atoms with E-state index >= 15 is 0 Å². The van der Waals surface area contributed by atoms with Crippen LogP contribution in [0.1, 0.15) is 33.3 Å². The van der Waals surface area contributed by atoms with E-state index in [1.54, 1.807) is 13.8 Å². The minimum absolute atomic E-state index is 0.00479. The lowest BCUT2D eigenvalue weighted by atomic mass is 10.0. The molecule has 1 rings (SSSR count). The molecule has 0 aliphatic heterocycles. The van der Waals surface area contributed by atoms with Crippen LogP contribution >= 0.6 is 0 Å². The Balaban J connectivity index is 0.00000129. The lowest BCUT2D eigenvalue weighted by molar-refractivity contribution is -0.137. The number of alkyl halides is 3. The number of anilines is 1. The van der Waals surface area contributed by atoms with Gasteiger partial charge in [0.2, 0.25) is 11.8 Å². The highest BCUT2D eigenvalue weighted by Crippen LogP contribution is 2.32. The molecule has 2 amide bonds. The molecule has 0 saturated carbocycles. The van der Waals surface area contributed by atoms with Crippen molar-refractivity contribution in [1.29, 1.82) is 0 Å². The fraction of sp³-hybridized carbons (Fsp3) is 0.438. The van der Waals surface area contributed by atoms with Gasteiger partial charge in [0.1, 0.15) is 6.04 Å². The predicted octanol–water partition coefficient (Wildman–Crippen LogP) is 2.66. The lowest BCUT2D eigenvalue weighted by Crippen LogP contribution is -2.50. The number of hydrogen-bond donors (Lipinski definition) is 2. The van der Waals surface area contributed by atoms with Crippen molar-refractivity contribution in [3.63, 3.8) is 0 Å². The van der Waals surface area contributed by atoms with Crippen molar-refractivity contribution in [3.8, 4) is 0 Å². The van der Waals surface area contributed by atoms with E-state index in [0.29, 0.717) is 0 Å². The van der Waals surface area contributed by atoms with Gasteiger partial charge in [0.25, 0.3) is 5.97 Å². The van der Waals surface area contributed by atoms with E-state index in [0.717, 1.165) is 24.0 Å². The zero-order valence-corrected chi connectivity index (χ0v) is 14.3. The van der Waals surface area contributed by atoms with Crippen molar-refractivity contribution in [1.82, 2.24) is 0 Å². The second kappa shape index (κ2) is 9.05. The molecule has 0 spiro atoms. The number of amides is 2. The Kier molecular flexibility index (Phi) is 8.11. The van der Waals surface area contributed by atoms with Crippen LogP contribution < -0.4 is 10.6 Å². The average Bonchev–Trinajstić information content (AvgIpc) is 2.41. The van der Waals surface area contributed by atoms with Crippen LogP contribution in [0.3, 0.4) is 0 Å². The van der Waals surface area contributed by atoms with E-state index < -0.39 is 35.6 Å². The fourth-order valence-corrected chi connectivity index (χ4v) is 2.12. The van der Waals surface area contributed by atoms with Crippen molar-refractivity contribution in [3.05, 3.63) is 29.8 Å². The summed E-state index contributed by atoms with van der Waals surface area (Å²) in [6.45, 7) is 5.59. The smallest absolute Gasteiger partial charge is 0.416 e. The first kappa shape index (κ1) is 22.4. The first-order valence-electron chi connectivity index (χ1n) is 7.25. The number of halogens is 3. The molecule has 0 bridgehead atoms. The molecule has 1 atom stereocenters. The summed E-state index contributed by atoms with van der Waals surface area (Å²) in [6, 6.07) is 3.25. The summed E-state index contributed by atoms with van der Waals surface area (Å²) in [5, 5.41) is 7.42. The number of aliphatic carboxylic acids is 1. The molecular formula is C16H21F3N2O4. The van der Waals surface area contributed by atoms with Gasteiger partial charge >= 0.3 is 6.18 Å². The SMILES string of the molecule is CC(=O)N(c1cccc(C(F)(F)F)c1)C(C(N)=O)C(C)C.CC(=O)O. The van der Waals surface area contributed by atoms with Gasteiger partial charge < -0.3 is 10.8 Å². The van der Waals surface area contributed by atoms with E-state index in [4.69, 9.17) is 15.6 Å². The second-order valence-electron chi connectivity index (χ2n) is 5.55. The molecule has 140 valence electrons. The van der Waals surface area contributed by atoms with Gasteiger partial charge in [-0.25, -0.2) is 0 Å². The Bertz CT molecular complexity index is 626. The Morgan fingerprint density at radius 2 is 1.64 bits per heavy atom. The second-order valence-corrected chi connectivity index (χ2v) is 5.55. The molecule has 6 nitrogen and oxygen atoms in total. The summed E-state index contributed by atoms with van der Waals surface area (Å²) in [6.07, 6.45) is -4.53. The summed E-state index contributed by atoms with van der Waals surface area (Å²) in [7, 11) is 0. The third kappa shape index (κ3) is 7.23. The van der Waals surface area contributed by atoms with Gasteiger partial charge in [-0.1, -0.05) is 19.9 Å². The molecule has 0 saturated heterocycles. The van der Waals surface area contributed by atoms with Crippen LogP contribution in [0.5, 0.6) is 0 Å². The third-order valence-corrected chi connectivity index (χ3v) is 2.99. The van der Waals surface area contributed by atoms with Crippen LogP contribution in [0.25, 0.3) is 0 Å². The highest BCUT2D eigenvalue weighted by molar-refractivity contribution is 5.99. The van der Waals surface area contributed by atoms with Gasteiger partial charge in [-0.15, -0.1) is 0 Å². The van der Waals surface area contributed by atoms with Gasteiger partial charge in [-0.2, -0.15) is 13.2 Å². The van der Waals surface area contributed by atoms with Gasteiger partial charge in [0.15, 0.2) is 0 Å². The molecule has 25 heavy (non-hydrogen) atoms. The average molecular weight is 362 g/mol. The van der Waals surface area contributed by atoms with Gasteiger partial charge in [0, 0.05) is 19.5 Å². The Morgan fingerprint density at radius 3 is 1.96 bits per heavy atom. The topological polar surface area (TPSA) is 101 Å². The maximum Gasteiger partial charge on any atom is 0.416 e. The van der Waals surface area contributed by atoms with Crippen molar-refractivity contribution in [2.24, 2.45) is 11.7 Å². The quantitative estimate of drug-likeness (QED) is 0.860. The number of nitrogens with zero attached hydrogens (tertiary/aromatic N) is 1. The van der Waals surface area contributed by atoms with E-state index in [1.165, 1.54) is 19.1 Å². The van der Waals surface area contributed by atoms with E-state index in [1.807, 2.05) is 0 Å². The van der Waals surface area contributed by atoms with Crippen molar-refractivity contribution < 1.29 is 32.7 Å². The van der Waals surface area contributed by atoms with Crippen LogP contribution in [0.2, 0.25) is 0 Å². The maximum absolute atomic E-state index is 12.8. The van der Waals surface area contributed by atoms with Crippen molar-refractivity contribution in [2.75, 3.05) is 4.90 Å². The van der Waals surface area contributed by atoms with Crippen LogP contribution in [-0.2, 0) is 20.6 Å². The number of primary amides is 1. The highest BCUT2D eigenvalue weighted by atomic mass is 19.4. The van der Waals surface area contributed by atoms with Crippen molar-refractivity contribution in [2.45, 2.75) is 39.9 Å². The number of carboxylic acid groups (broad SMARTS) is 1. The summed E-state index contributed by atoms with van der Waals surface area (Å²) in [5.74, 6) is -2.48. The lowest BCUT2D eigenvalue weighted by Gasteiger charge is -2.31. The predicted molar refractivity (Wildman–Crippen MR) is 85.7 cm³/mol. The Labute approximate surface area is 143 Å². The van der Waals surface area contributed by atoms with Crippen LogP contribution in [-0.4, -0.2) is 28.9 Å². The number of benzene rings is 1. The third-order valence-electron chi connectivity index (χ3n) is 2.99. The fourth-order valence-electron chi connectivity index (χ4n) is 2.12. The van der Waals surface area contributed by atoms with Gasteiger partial charge in [-0.05, 0) is 24.1 Å². The Hall–Kier alpha value is -2.58. The summed E-state index contributed by atoms with van der Waals surface area (Å²) in [4.78, 5) is 33.3. The van der Waals surface area contributed by atoms with E-state index in [2.05, 4.69) is 0 Å². The molecule has 0 aromatic heterocycles. The minimum atomic E-state index is -4.53. The molecule has 0 aliphatic carbocycles. The summed E-state index contributed by atoms with van der Waals surface area (Å²) >= 11 is 0. The molecular weight excluding hydrogens is 341 g/mol. The molecule has 1 aromatic rings. The number of nitrogens with two attached hydrogens (primary N) is 1. The normalized spacial score (nSPS) is 12.0. The largest absolute Gasteiger partial charge is 0.481 e. The molecule has 0 fully saturated rings. The standard InChI is InChI=1S/C14H17F3N2O2.C2H4O2/c1-8(2)12(13(18)21)19(9(3)20)11-6-4-5-10(7-11)14(15,16)17;1-2(3)4/h4-8,12H,1-3H3,(H2,18,21);1H3,(H,3,4). The van der Waals surface area contributed by atoms with Crippen LogP contribution in [0.4, 0.5) is 18.9 Å². The zero-order valence-electron chi connectivity index (χ0n) is 14.3. The summed E-state index contributed by atoms with van der Waals surface area (Å²) < 4.78 is 38.3. The number of hydrogen-bond acceptors (Lipinski definition) is 3. The van der Waals surface area contributed by atoms with Crippen molar-refractivity contribution >= 4 is 23.5 Å². The molecule has 1 unspecified atom stereocenters. The number of carbonyl (C=O) groups excluding carboxylic acids is 2. The number of rotatable bonds is 4. The van der Waals surface area contributed by atoms with Gasteiger partial charge in [0.05, 0.1) is 5.56 Å². The minimum Gasteiger partial charge on any atom is -0.481 e. The molecule has 1 aromatic carbocycles. The molecule has 0 heterocycles.